The van der Waals surface area contributed by atoms with E-state index in [1.54, 1.807) is 6.08 Å². The largest absolute Gasteiger partial charge is 0.461 e. The van der Waals surface area contributed by atoms with Gasteiger partial charge in [0.15, 0.2) is 0 Å². The predicted octanol–water partition coefficient (Wildman–Crippen LogP) is 4.64. The molecule has 4 nitrogen and oxygen atoms in total. The van der Waals surface area contributed by atoms with E-state index in [2.05, 4.69) is 12.2 Å². The minimum Gasteiger partial charge on any atom is -0.461 e. The molecule has 0 heterocycles. The molecule has 0 bridgehead atoms. The SMILES string of the molecule is CC(=O)OC/C(=C\CC/C(C)=C/CO)CC/C=C(\C)[C@H](O)CC=C(C)C. The molecule has 0 aliphatic heterocycles. The van der Waals surface area contributed by atoms with Crippen molar-refractivity contribution in [3.63, 3.8) is 0 Å². The number of carbonyl (C=O) groups is 1. The number of aliphatic hydroxyl groups is 2. The van der Waals surface area contributed by atoms with Crippen LogP contribution in [0.25, 0.3) is 0 Å². The van der Waals surface area contributed by atoms with Crippen molar-refractivity contribution in [3.05, 3.63) is 46.6 Å². The summed E-state index contributed by atoms with van der Waals surface area (Å²) in [5, 5.41) is 19.0. The fraction of sp³-hybridized carbons (Fsp3) is 0.591. The zero-order valence-corrected chi connectivity index (χ0v) is 17.0. The van der Waals surface area contributed by atoms with E-state index in [1.165, 1.54) is 12.5 Å². The molecule has 0 saturated heterocycles. The third-order valence-electron chi connectivity index (χ3n) is 4.08. The Hall–Kier alpha value is -1.65. The monoisotopic (exact) mass is 364 g/mol. The van der Waals surface area contributed by atoms with E-state index < -0.39 is 6.10 Å². The molecule has 0 radical (unpaired) electrons. The molecule has 148 valence electrons. The number of hydrogen-bond donors (Lipinski definition) is 2. The highest BCUT2D eigenvalue weighted by molar-refractivity contribution is 5.66. The Morgan fingerprint density at radius 2 is 1.62 bits per heavy atom. The van der Waals surface area contributed by atoms with Crippen molar-refractivity contribution in [2.24, 2.45) is 0 Å². The summed E-state index contributed by atoms with van der Waals surface area (Å²) in [5.41, 5.74) is 4.40. The fourth-order valence-corrected chi connectivity index (χ4v) is 2.34. The van der Waals surface area contributed by atoms with Crippen molar-refractivity contribution in [3.8, 4) is 0 Å². The van der Waals surface area contributed by atoms with E-state index in [-0.39, 0.29) is 12.6 Å². The average Bonchev–Trinajstić information content (AvgIpc) is 2.56. The molecule has 0 unspecified atom stereocenters. The van der Waals surface area contributed by atoms with Gasteiger partial charge in [-0.15, -0.1) is 0 Å². The third kappa shape index (κ3) is 13.6. The molecule has 0 aromatic heterocycles. The van der Waals surface area contributed by atoms with E-state index in [1.807, 2.05) is 33.8 Å². The Kier molecular flexibility index (Phi) is 13.6. The van der Waals surface area contributed by atoms with Gasteiger partial charge in [0.25, 0.3) is 0 Å². The number of allylic oxidation sites excluding steroid dienone is 4. The third-order valence-corrected chi connectivity index (χ3v) is 4.08. The van der Waals surface area contributed by atoms with Gasteiger partial charge >= 0.3 is 5.97 Å². The van der Waals surface area contributed by atoms with Gasteiger partial charge in [-0.1, -0.05) is 35.5 Å². The summed E-state index contributed by atoms with van der Waals surface area (Å²) in [5.74, 6) is -0.281. The van der Waals surface area contributed by atoms with Crippen LogP contribution >= 0.6 is 0 Å². The van der Waals surface area contributed by atoms with Crippen molar-refractivity contribution in [2.45, 2.75) is 72.8 Å². The molecule has 0 aromatic carbocycles. The van der Waals surface area contributed by atoms with Crippen molar-refractivity contribution >= 4 is 5.97 Å². The lowest BCUT2D eigenvalue weighted by molar-refractivity contribution is -0.140. The number of esters is 1. The number of rotatable bonds is 12. The first-order chi connectivity index (χ1) is 12.3. The molecule has 0 aliphatic carbocycles. The van der Waals surface area contributed by atoms with E-state index in [0.29, 0.717) is 13.0 Å². The molecule has 4 heteroatoms. The summed E-state index contributed by atoms with van der Waals surface area (Å²) in [6.45, 7) is 9.78. The van der Waals surface area contributed by atoms with Gasteiger partial charge in [-0.25, -0.2) is 0 Å². The second-order valence-electron chi connectivity index (χ2n) is 6.93. The number of ether oxygens (including phenoxy) is 1. The van der Waals surface area contributed by atoms with Gasteiger partial charge in [-0.2, -0.15) is 0 Å². The minimum absolute atomic E-state index is 0.0645. The molecule has 0 aromatic rings. The van der Waals surface area contributed by atoms with E-state index in [0.717, 1.165) is 42.4 Å². The topological polar surface area (TPSA) is 66.8 Å². The van der Waals surface area contributed by atoms with Crippen molar-refractivity contribution in [2.75, 3.05) is 13.2 Å². The maximum absolute atomic E-state index is 11.1. The van der Waals surface area contributed by atoms with Crippen LogP contribution in [0.2, 0.25) is 0 Å². The van der Waals surface area contributed by atoms with Gasteiger partial charge in [0.05, 0.1) is 12.7 Å². The van der Waals surface area contributed by atoms with Crippen LogP contribution in [-0.2, 0) is 9.53 Å². The number of carbonyl (C=O) groups excluding carboxylic acids is 1. The Balaban J connectivity index is 4.66. The van der Waals surface area contributed by atoms with Crippen molar-refractivity contribution in [1.82, 2.24) is 0 Å². The Labute approximate surface area is 159 Å². The second kappa shape index (κ2) is 14.5. The van der Waals surface area contributed by atoms with Gasteiger partial charge in [0, 0.05) is 6.92 Å². The lowest BCUT2D eigenvalue weighted by Crippen LogP contribution is -2.07. The highest BCUT2D eigenvalue weighted by Crippen LogP contribution is 2.15. The summed E-state index contributed by atoms with van der Waals surface area (Å²) in [6.07, 6.45) is 11.5. The lowest BCUT2D eigenvalue weighted by Gasteiger charge is -2.11. The summed E-state index contributed by atoms with van der Waals surface area (Å²) in [4.78, 5) is 11.1. The van der Waals surface area contributed by atoms with Crippen molar-refractivity contribution < 1.29 is 19.7 Å². The Morgan fingerprint density at radius 1 is 0.962 bits per heavy atom. The predicted molar refractivity (Wildman–Crippen MR) is 108 cm³/mol. The van der Waals surface area contributed by atoms with Crippen LogP contribution in [0, 0.1) is 0 Å². The van der Waals surface area contributed by atoms with Crippen LogP contribution in [0.3, 0.4) is 0 Å². The van der Waals surface area contributed by atoms with Gasteiger partial charge < -0.3 is 14.9 Å². The van der Waals surface area contributed by atoms with Crippen LogP contribution in [0.1, 0.15) is 66.7 Å². The highest BCUT2D eigenvalue weighted by Gasteiger charge is 2.05. The quantitative estimate of drug-likeness (QED) is 0.391. The zero-order valence-electron chi connectivity index (χ0n) is 17.0. The molecule has 0 amide bonds. The number of aliphatic hydroxyl groups excluding tert-OH is 2. The Bertz CT molecular complexity index is 534. The summed E-state index contributed by atoms with van der Waals surface area (Å²) >= 11 is 0. The zero-order chi connectivity index (χ0) is 19.9. The Morgan fingerprint density at radius 3 is 2.19 bits per heavy atom. The smallest absolute Gasteiger partial charge is 0.302 e. The van der Waals surface area contributed by atoms with Gasteiger partial charge in [0.1, 0.15) is 6.61 Å². The molecule has 0 saturated carbocycles. The van der Waals surface area contributed by atoms with Crippen LogP contribution in [0.4, 0.5) is 0 Å². The summed E-state index contributed by atoms with van der Waals surface area (Å²) in [7, 11) is 0. The van der Waals surface area contributed by atoms with Crippen LogP contribution in [0.15, 0.2) is 46.6 Å². The highest BCUT2D eigenvalue weighted by atomic mass is 16.5. The van der Waals surface area contributed by atoms with E-state index in [4.69, 9.17) is 9.84 Å². The molecular weight excluding hydrogens is 328 g/mol. The fourth-order valence-electron chi connectivity index (χ4n) is 2.34. The van der Waals surface area contributed by atoms with Crippen molar-refractivity contribution in [1.29, 1.82) is 0 Å². The maximum Gasteiger partial charge on any atom is 0.302 e. The molecule has 2 N–H and O–H groups in total. The van der Waals surface area contributed by atoms with E-state index >= 15 is 0 Å². The number of hydrogen-bond acceptors (Lipinski definition) is 4. The lowest BCUT2D eigenvalue weighted by atomic mass is 10.0. The van der Waals surface area contributed by atoms with Crippen LogP contribution in [-0.4, -0.2) is 35.5 Å². The maximum atomic E-state index is 11.1. The molecule has 0 rings (SSSR count). The molecule has 0 aliphatic rings. The van der Waals surface area contributed by atoms with Gasteiger partial charge in [-0.3, -0.25) is 4.79 Å². The second-order valence-corrected chi connectivity index (χ2v) is 6.93. The standard InChI is InChI=1S/C22H36O4/c1-17(2)12-13-22(25)19(4)9-7-11-21(16-26-20(5)24)10-6-8-18(3)14-15-23/h9-10,12,14,22-23,25H,6-8,11,13,15-16H2,1-5H3/b18-14+,19-9+,21-10-/t22-/m1/s1. The normalized spacial score (nSPS) is 14.2. The first-order valence-electron chi connectivity index (χ1n) is 9.32. The average molecular weight is 365 g/mol. The van der Waals surface area contributed by atoms with Crippen LogP contribution in [0.5, 0.6) is 0 Å². The van der Waals surface area contributed by atoms with Gasteiger partial charge in [0.2, 0.25) is 0 Å². The van der Waals surface area contributed by atoms with E-state index in [9.17, 15) is 9.90 Å². The first-order valence-corrected chi connectivity index (χ1v) is 9.32. The summed E-state index contributed by atoms with van der Waals surface area (Å²) in [6, 6.07) is 0. The van der Waals surface area contributed by atoms with Crippen LogP contribution < -0.4 is 0 Å². The first kappa shape index (κ1) is 24.4. The van der Waals surface area contributed by atoms with Gasteiger partial charge in [-0.05, 0) is 70.9 Å². The molecule has 26 heavy (non-hydrogen) atoms. The molecule has 0 spiro atoms. The minimum atomic E-state index is -0.447. The molecule has 1 atom stereocenters. The summed E-state index contributed by atoms with van der Waals surface area (Å²) < 4.78 is 5.14. The molecular formula is C22H36O4. The molecule has 0 fully saturated rings.